The van der Waals surface area contributed by atoms with E-state index in [1.165, 1.54) is 4.90 Å². The summed E-state index contributed by atoms with van der Waals surface area (Å²) in [5, 5.41) is 26.2. The van der Waals surface area contributed by atoms with Crippen molar-refractivity contribution < 1.29 is 19.8 Å². The SMILES string of the molecule is O=C(O)[C@@H]1C[C@H](O)CN1C(=O)c1ccc2cn[nH]c2c1. The molecule has 2 aromatic rings. The van der Waals surface area contributed by atoms with Crippen LogP contribution in [0.2, 0.25) is 0 Å². The number of carboxylic acid groups (broad SMARTS) is 1. The van der Waals surface area contributed by atoms with Gasteiger partial charge >= 0.3 is 5.97 Å². The summed E-state index contributed by atoms with van der Waals surface area (Å²) in [6.45, 7) is 0.0385. The largest absolute Gasteiger partial charge is 0.480 e. The molecule has 0 bridgehead atoms. The number of aromatic amines is 1. The molecule has 1 amide bonds. The number of aliphatic hydroxyl groups is 1. The van der Waals surface area contributed by atoms with Crippen molar-refractivity contribution in [1.29, 1.82) is 0 Å². The zero-order valence-corrected chi connectivity index (χ0v) is 10.5. The Kier molecular flexibility index (Phi) is 2.90. The molecule has 104 valence electrons. The summed E-state index contributed by atoms with van der Waals surface area (Å²) in [5.41, 5.74) is 1.09. The minimum Gasteiger partial charge on any atom is -0.480 e. The van der Waals surface area contributed by atoms with Crippen LogP contribution in [0.3, 0.4) is 0 Å². The minimum absolute atomic E-state index is 0.0385. The molecule has 1 aromatic carbocycles. The molecular formula is C13H13N3O4. The number of hydrogen-bond acceptors (Lipinski definition) is 4. The van der Waals surface area contributed by atoms with Gasteiger partial charge in [-0.2, -0.15) is 5.10 Å². The number of aliphatic carboxylic acids is 1. The summed E-state index contributed by atoms with van der Waals surface area (Å²) in [7, 11) is 0. The number of carboxylic acids is 1. The van der Waals surface area contributed by atoms with Crippen LogP contribution in [0.25, 0.3) is 10.9 Å². The lowest BCUT2D eigenvalue weighted by Gasteiger charge is -2.21. The zero-order chi connectivity index (χ0) is 14.3. The zero-order valence-electron chi connectivity index (χ0n) is 10.5. The number of hydrogen-bond donors (Lipinski definition) is 3. The lowest BCUT2D eigenvalue weighted by Crippen LogP contribution is -2.40. The highest BCUT2D eigenvalue weighted by Crippen LogP contribution is 2.22. The summed E-state index contributed by atoms with van der Waals surface area (Å²) >= 11 is 0. The molecule has 2 heterocycles. The molecule has 1 aliphatic rings. The molecule has 0 aliphatic carbocycles. The number of nitrogens with zero attached hydrogens (tertiary/aromatic N) is 2. The summed E-state index contributed by atoms with van der Waals surface area (Å²) in [6.07, 6.45) is 0.910. The van der Waals surface area contributed by atoms with Crippen molar-refractivity contribution in [3.63, 3.8) is 0 Å². The number of aromatic nitrogens is 2. The maximum Gasteiger partial charge on any atom is 0.326 e. The lowest BCUT2D eigenvalue weighted by molar-refractivity contribution is -0.141. The molecule has 7 nitrogen and oxygen atoms in total. The van der Waals surface area contributed by atoms with Crippen molar-refractivity contribution in [3.05, 3.63) is 30.0 Å². The Balaban J connectivity index is 1.92. The molecule has 1 saturated heterocycles. The van der Waals surface area contributed by atoms with E-state index in [1.54, 1.807) is 24.4 Å². The van der Waals surface area contributed by atoms with Gasteiger partial charge < -0.3 is 15.1 Å². The van der Waals surface area contributed by atoms with Crippen LogP contribution >= 0.6 is 0 Å². The van der Waals surface area contributed by atoms with E-state index >= 15 is 0 Å². The molecule has 1 aliphatic heterocycles. The Labute approximate surface area is 113 Å². The van der Waals surface area contributed by atoms with Crippen LogP contribution in [0, 0.1) is 0 Å². The van der Waals surface area contributed by atoms with Crippen LogP contribution in [-0.4, -0.2) is 55.9 Å². The van der Waals surface area contributed by atoms with Gasteiger partial charge in [0.05, 0.1) is 17.8 Å². The van der Waals surface area contributed by atoms with Crippen molar-refractivity contribution in [2.24, 2.45) is 0 Å². The van der Waals surface area contributed by atoms with Crippen LogP contribution in [0.4, 0.5) is 0 Å². The van der Waals surface area contributed by atoms with Gasteiger partial charge in [0.15, 0.2) is 0 Å². The molecule has 0 spiro atoms. The third-order valence-corrected chi connectivity index (χ3v) is 3.51. The number of aliphatic hydroxyl groups excluding tert-OH is 1. The predicted octanol–water partition coefficient (Wildman–Crippen LogP) is 0.223. The van der Waals surface area contributed by atoms with Crippen molar-refractivity contribution in [1.82, 2.24) is 15.1 Å². The maximum absolute atomic E-state index is 12.4. The molecule has 0 unspecified atom stereocenters. The fourth-order valence-corrected chi connectivity index (χ4v) is 2.51. The maximum atomic E-state index is 12.4. The third kappa shape index (κ3) is 2.01. The average Bonchev–Trinajstić information content (AvgIpc) is 3.02. The highest BCUT2D eigenvalue weighted by Gasteiger charge is 2.39. The van der Waals surface area contributed by atoms with Crippen molar-refractivity contribution in [3.8, 4) is 0 Å². The molecule has 1 fully saturated rings. The Hall–Kier alpha value is -2.41. The Bertz CT molecular complexity index is 681. The van der Waals surface area contributed by atoms with Gasteiger partial charge in [-0.1, -0.05) is 6.07 Å². The first-order valence-electron chi connectivity index (χ1n) is 6.21. The van der Waals surface area contributed by atoms with E-state index in [-0.39, 0.29) is 13.0 Å². The van der Waals surface area contributed by atoms with Gasteiger partial charge in [0, 0.05) is 23.9 Å². The first-order valence-corrected chi connectivity index (χ1v) is 6.21. The van der Waals surface area contributed by atoms with E-state index in [9.17, 15) is 14.7 Å². The highest BCUT2D eigenvalue weighted by molar-refractivity contribution is 5.99. The molecule has 7 heteroatoms. The molecule has 0 radical (unpaired) electrons. The van der Waals surface area contributed by atoms with E-state index in [2.05, 4.69) is 10.2 Å². The predicted molar refractivity (Wildman–Crippen MR) is 69.2 cm³/mol. The van der Waals surface area contributed by atoms with Crippen molar-refractivity contribution >= 4 is 22.8 Å². The van der Waals surface area contributed by atoms with Gasteiger partial charge in [-0.05, 0) is 12.1 Å². The number of carbonyl (C=O) groups excluding carboxylic acids is 1. The summed E-state index contributed by atoms with van der Waals surface area (Å²) in [6, 6.07) is 4.03. The fraction of sp³-hybridized carbons (Fsp3) is 0.308. The number of likely N-dealkylation sites (tertiary alicyclic amines) is 1. The van der Waals surface area contributed by atoms with Crippen LogP contribution in [0.1, 0.15) is 16.8 Å². The van der Waals surface area contributed by atoms with Gasteiger partial charge in [-0.25, -0.2) is 4.79 Å². The topological polar surface area (TPSA) is 107 Å². The second-order valence-corrected chi connectivity index (χ2v) is 4.87. The summed E-state index contributed by atoms with van der Waals surface area (Å²) < 4.78 is 0. The van der Waals surface area contributed by atoms with Gasteiger partial charge in [0.25, 0.3) is 5.91 Å². The van der Waals surface area contributed by atoms with Crippen LogP contribution < -0.4 is 0 Å². The number of benzene rings is 1. The number of rotatable bonds is 2. The molecule has 3 rings (SSSR count). The Morgan fingerprint density at radius 1 is 1.40 bits per heavy atom. The van der Waals surface area contributed by atoms with Crippen molar-refractivity contribution in [2.75, 3.05) is 6.54 Å². The van der Waals surface area contributed by atoms with E-state index in [0.29, 0.717) is 11.1 Å². The minimum atomic E-state index is -1.10. The molecular weight excluding hydrogens is 262 g/mol. The number of carbonyl (C=O) groups is 2. The Morgan fingerprint density at radius 2 is 2.20 bits per heavy atom. The van der Waals surface area contributed by atoms with Gasteiger partial charge in [-0.15, -0.1) is 0 Å². The van der Waals surface area contributed by atoms with Gasteiger partial charge in [-0.3, -0.25) is 9.89 Å². The normalized spacial score (nSPS) is 22.4. The van der Waals surface area contributed by atoms with E-state index in [4.69, 9.17) is 5.11 Å². The van der Waals surface area contributed by atoms with Gasteiger partial charge in [0.1, 0.15) is 6.04 Å². The highest BCUT2D eigenvalue weighted by atomic mass is 16.4. The van der Waals surface area contributed by atoms with Gasteiger partial charge in [0.2, 0.25) is 0 Å². The number of fused-ring (bicyclic) bond motifs is 1. The van der Waals surface area contributed by atoms with Crippen LogP contribution in [0.15, 0.2) is 24.4 Å². The number of β-amino-alcohol motifs (C(OH)–C–C–N with tert-alkyl or cyclic N) is 1. The van der Waals surface area contributed by atoms with Crippen LogP contribution in [0.5, 0.6) is 0 Å². The number of amides is 1. The van der Waals surface area contributed by atoms with E-state index in [1.807, 2.05) is 0 Å². The summed E-state index contributed by atoms with van der Waals surface area (Å²) in [4.78, 5) is 24.7. The molecule has 2 atom stereocenters. The first kappa shape index (κ1) is 12.6. The molecule has 20 heavy (non-hydrogen) atoms. The monoisotopic (exact) mass is 275 g/mol. The average molecular weight is 275 g/mol. The summed E-state index contributed by atoms with van der Waals surface area (Å²) in [5.74, 6) is -1.50. The molecule has 0 saturated carbocycles. The Morgan fingerprint density at radius 3 is 2.95 bits per heavy atom. The quantitative estimate of drug-likeness (QED) is 0.727. The number of nitrogens with one attached hydrogen (secondary N) is 1. The second-order valence-electron chi connectivity index (χ2n) is 4.87. The molecule has 3 N–H and O–H groups in total. The smallest absolute Gasteiger partial charge is 0.326 e. The van der Waals surface area contributed by atoms with Crippen LogP contribution in [-0.2, 0) is 4.79 Å². The van der Waals surface area contributed by atoms with E-state index in [0.717, 1.165) is 5.39 Å². The van der Waals surface area contributed by atoms with E-state index < -0.39 is 24.0 Å². The lowest BCUT2D eigenvalue weighted by atomic mass is 10.1. The standard InChI is InChI=1S/C13H13N3O4/c17-9-4-11(13(19)20)16(6-9)12(18)7-1-2-8-5-14-15-10(8)3-7/h1-3,5,9,11,17H,4,6H2,(H,14,15)(H,19,20)/t9-,11-/m0/s1. The third-order valence-electron chi connectivity index (χ3n) is 3.51. The first-order chi connectivity index (χ1) is 9.56. The fourth-order valence-electron chi connectivity index (χ4n) is 2.51. The molecule has 1 aromatic heterocycles. The number of H-pyrrole nitrogens is 1. The van der Waals surface area contributed by atoms with Crippen molar-refractivity contribution in [2.45, 2.75) is 18.6 Å². The second kappa shape index (κ2) is 4.61.